The Morgan fingerprint density at radius 3 is 2.50 bits per heavy atom. The molecule has 0 aliphatic carbocycles. The molecule has 0 N–H and O–H groups in total. The van der Waals surface area contributed by atoms with Crippen LogP contribution in [0.15, 0.2) is 66.7 Å². The van der Waals surface area contributed by atoms with Gasteiger partial charge in [0, 0.05) is 28.4 Å². The molecule has 0 radical (unpaired) electrons. The van der Waals surface area contributed by atoms with Crippen LogP contribution in [0.2, 0.25) is 5.02 Å². The number of methoxy groups -OCH3 is 1. The van der Waals surface area contributed by atoms with E-state index in [2.05, 4.69) is 45.0 Å². The zero-order chi connectivity index (χ0) is 25.7. The van der Waals surface area contributed by atoms with Crippen molar-refractivity contribution in [2.75, 3.05) is 24.3 Å². The second-order valence-corrected chi connectivity index (χ2v) is 11.9. The molecule has 1 fully saturated rings. The van der Waals surface area contributed by atoms with Crippen LogP contribution in [-0.4, -0.2) is 36.1 Å². The van der Waals surface area contributed by atoms with Crippen molar-refractivity contribution >= 4 is 40.9 Å². The van der Waals surface area contributed by atoms with E-state index in [0.29, 0.717) is 35.2 Å². The summed E-state index contributed by atoms with van der Waals surface area (Å²) in [5.41, 5.74) is 4.39. The van der Waals surface area contributed by atoms with Gasteiger partial charge >= 0.3 is 0 Å². The largest absolute Gasteiger partial charge is 0.497 e. The number of amides is 2. The van der Waals surface area contributed by atoms with Gasteiger partial charge in [-0.15, -0.1) is 11.8 Å². The number of anilines is 1. The first-order valence-corrected chi connectivity index (χ1v) is 13.3. The van der Waals surface area contributed by atoms with Gasteiger partial charge in [-0.05, 0) is 52.9 Å². The van der Waals surface area contributed by atoms with Crippen molar-refractivity contribution in [2.45, 2.75) is 37.6 Å². The number of nitrogens with zero attached hydrogens (tertiary/aromatic N) is 2. The van der Waals surface area contributed by atoms with Crippen LogP contribution in [0.25, 0.3) is 0 Å². The minimum atomic E-state index is -1.14. The van der Waals surface area contributed by atoms with Crippen molar-refractivity contribution in [3.8, 4) is 5.75 Å². The molecular formula is C29H29ClN2O3S. The smallest absolute Gasteiger partial charge is 0.268 e. The molecule has 5 nitrogen and oxygen atoms in total. The Morgan fingerprint density at radius 2 is 1.83 bits per heavy atom. The van der Waals surface area contributed by atoms with Gasteiger partial charge in [-0.2, -0.15) is 0 Å². The van der Waals surface area contributed by atoms with Gasteiger partial charge in [0.1, 0.15) is 5.75 Å². The highest BCUT2D eigenvalue weighted by Crippen LogP contribution is 2.55. The number of rotatable bonds is 4. The van der Waals surface area contributed by atoms with Crippen LogP contribution in [0.1, 0.15) is 47.8 Å². The molecular weight excluding hydrogens is 492 g/mol. The number of ether oxygens (including phenoxy) is 1. The summed E-state index contributed by atoms with van der Waals surface area (Å²) in [6.45, 7) is 7.43. The molecule has 1 saturated heterocycles. The fourth-order valence-corrected chi connectivity index (χ4v) is 6.59. The number of halogens is 1. The van der Waals surface area contributed by atoms with Crippen LogP contribution < -0.4 is 9.64 Å². The molecule has 2 heterocycles. The third kappa shape index (κ3) is 4.06. The maximum Gasteiger partial charge on any atom is 0.268 e. The lowest BCUT2D eigenvalue weighted by atomic mass is 9.87. The van der Waals surface area contributed by atoms with Gasteiger partial charge in [0.25, 0.3) is 11.8 Å². The molecule has 1 spiro atoms. The lowest BCUT2D eigenvalue weighted by Gasteiger charge is -2.33. The van der Waals surface area contributed by atoms with Gasteiger partial charge in [0.2, 0.25) is 0 Å². The normalized spacial score (nSPS) is 19.2. The van der Waals surface area contributed by atoms with Gasteiger partial charge in [-0.3, -0.25) is 9.59 Å². The third-order valence-electron chi connectivity index (χ3n) is 6.88. The summed E-state index contributed by atoms with van der Waals surface area (Å²) in [7, 11) is 1.61. The molecule has 3 aromatic carbocycles. The molecule has 2 aliphatic rings. The Kier molecular flexibility index (Phi) is 6.29. The topological polar surface area (TPSA) is 49.9 Å². The van der Waals surface area contributed by atoms with Gasteiger partial charge in [0.05, 0.1) is 19.3 Å². The first-order chi connectivity index (χ1) is 17.1. The average Bonchev–Trinajstić information content (AvgIpc) is 3.40. The van der Waals surface area contributed by atoms with Crippen molar-refractivity contribution in [1.82, 2.24) is 4.90 Å². The third-order valence-corrected chi connectivity index (χ3v) is 8.53. The quantitative estimate of drug-likeness (QED) is 0.409. The molecule has 5 rings (SSSR count). The standard InChI is InChI=1S/C29H29ClN2O3S/c1-28(2,3)21-10-8-19(9-11-21)18-31-25-13-12-23(35-4)17-24(25)29(27(31)34)32(14-15-36-29)26(33)20-6-5-7-22(30)16-20/h5-13,16-17H,14-15,18H2,1-4H3/t29-/m1/s1. The van der Waals surface area contributed by atoms with Gasteiger partial charge < -0.3 is 14.5 Å². The summed E-state index contributed by atoms with van der Waals surface area (Å²) in [5, 5.41) is 0.488. The Morgan fingerprint density at radius 1 is 1.08 bits per heavy atom. The summed E-state index contributed by atoms with van der Waals surface area (Å²) >= 11 is 7.68. The number of carbonyl (C=O) groups is 2. The average molecular weight is 521 g/mol. The van der Waals surface area contributed by atoms with Crippen LogP contribution in [0.4, 0.5) is 5.69 Å². The summed E-state index contributed by atoms with van der Waals surface area (Å²) in [4.78, 5) is 30.4. The Balaban J connectivity index is 1.56. The zero-order valence-corrected chi connectivity index (χ0v) is 22.4. The summed E-state index contributed by atoms with van der Waals surface area (Å²) < 4.78 is 5.51. The fourth-order valence-electron chi connectivity index (χ4n) is 4.95. The SMILES string of the molecule is COc1ccc2c(c1)[C@@]1(SCCN1C(=O)c1cccc(Cl)c1)C(=O)N2Cc1ccc(C(C)(C)C)cc1. The minimum Gasteiger partial charge on any atom is -0.497 e. The van der Waals surface area contributed by atoms with Crippen molar-refractivity contribution in [1.29, 1.82) is 0 Å². The highest BCUT2D eigenvalue weighted by molar-refractivity contribution is 8.01. The summed E-state index contributed by atoms with van der Waals surface area (Å²) in [5.74, 6) is 0.993. The molecule has 2 amide bonds. The van der Waals surface area contributed by atoms with E-state index in [-0.39, 0.29) is 17.2 Å². The fraction of sp³-hybridized carbons (Fsp3) is 0.310. The van der Waals surface area contributed by atoms with Crippen molar-refractivity contribution in [3.05, 3.63) is 94.0 Å². The monoisotopic (exact) mass is 520 g/mol. The highest BCUT2D eigenvalue weighted by atomic mass is 35.5. The lowest BCUT2D eigenvalue weighted by molar-refractivity contribution is -0.123. The van der Waals surface area contributed by atoms with Gasteiger partial charge in [-0.1, -0.05) is 62.7 Å². The molecule has 0 aromatic heterocycles. The molecule has 0 unspecified atom stereocenters. The summed E-state index contributed by atoms with van der Waals surface area (Å²) in [6, 6.07) is 21.0. The minimum absolute atomic E-state index is 0.0525. The van der Waals surface area contributed by atoms with Crippen LogP contribution in [0.5, 0.6) is 5.75 Å². The second kappa shape index (κ2) is 9.16. The van der Waals surface area contributed by atoms with E-state index in [4.69, 9.17) is 16.3 Å². The molecule has 0 bridgehead atoms. The highest BCUT2D eigenvalue weighted by Gasteiger charge is 2.59. The van der Waals surface area contributed by atoms with E-state index < -0.39 is 4.87 Å². The number of thioether (sulfide) groups is 1. The van der Waals surface area contributed by atoms with Crippen LogP contribution in [0, 0.1) is 0 Å². The molecule has 186 valence electrons. The zero-order valence-electron chi connectivity index (χ0n) is 20.9. The van der Waals surface area contributed by atoms with Gasteiger partial charge in [-0.25, -0.2) is 0 Å². The van der Waals surface area contributed by atoms with Crippen molar-refractivity contribution in [2.24, 2.45) is 0 Å². The maximum atomic E-state index is 14.3. The number of hydrogen-bond acceptors (Lipinski definition) is 4. The first kappa shape index (κ1) is 24.7. The predicted octanol–water partition coefficient (Wildman–Crippen LogP) is 6.23. The van der Waals surface area contributed by atoms with E-state index in [1.807, 2.05) is 18.2 Å². The molecule has 1 atom stereocenters. The number of carbonyl (C=O) groups excluding carboxylic acids is 2. The van der Waals surface area contributed by atoms with E-state index in [9.17, 15) is 9.59 Å². The second-order valence-electron chi connectivity index (χ2n) is 10.2. The van der Waals surface area contributed by atoms with Gasteiger partial charge in [0.15, 0.2) is 4.87 Å². The molecule has 3 aromatic rings. The number of fused-ring (bicyclic) bond motifs is 2. The van der Waals surface area contributed by atoms with E-state index in [1.165, 1.54) is 17.3 Å². The van der Waals surface area contributed by atoms with Crippen LogP contribution >= 0.6 is 23.4 Å². The number of hydrogen-bond donors (Lipinski definition) is 0. The molecule has 7 heteroatoms. The Bertz CT molecular complexity index is 1340. The van der Waals surface area contributed by atoms with Crippen LogP contribution in [0.3, 0.4) is 0 Å². The first-order valence-electron chi connectivity index (χ1n) is 12.0. The van der Waals surface area contributed by atoms with Crippen LogP contribution in [-0.2, 0) is 21.6 Å². The Hall–Kier alpha value is -2.96. The molecule has 2 aliphatic heterocycles. The molecule has 0 saturated carbocycles. The van der Waals surface area contributed by atoms with E-state index in [1.54, 1.807) is 41.2 Å². The predicted molar refractivity (Wildman–Crippen MR) is 146 cm³/mol. The van der Waals surface area contributed by atoms with Crippen molar-refractivity contribution in [3.63, 3.8) is 0 Å². The van der Waals surface area contributed by atoms with E-state index >= 15 is 0 Å². The summed E-state index contributed by atoms with van der Waals surface area (Å²) in [6.07, 6.45) is 0. The maximum absolute atomic E-state index is 14.3. The number of benzene rings is 3. The Labute approximate surface area is 221 Å². The molecule has 36 heavy (non-hydrogen) atoms. The lowest BCUT2D eigenvalue weighted by Crippen LogP contribution is -2.50. The van der Waals surface area contributed by atoms with Crippen molar-refractivity contribution < 1.29 is 14.3 Å². The van der Waals surface area contributed by atoms with E-state index in [0.717, 1.165) is 16.8 Å².